The lowest BCUT2D eigenvalue weighted by atomic mass is 9.94. The Morgan fingerprint density at radius 3 is 2.33 bits per heavy atom. The monoisotopic (exact) mass is 315 g/mol. The molecule has 3 N–H and O–H groups in total. The van der Waals surface area contributed by atoms with Crippen LogP contribution in [0.15, 0.2) is 23.1 Å². The summed E-state index contributed by atoms with van der Waals surface area (Å²) in [5.74, 6) is 0. The number of sulfone groups is 1. The summed E-state index contributed by atoms with van der Waals surface area (Å²) in [4.78, 5) is 10.4. The predicted octanol–water partition coefficient (Wildman–Crippen LogP) is 1.93. The van der Waals surface area contributed by atoms with E-state index >= 15 is 0 Å². The van der Waals surface area contributed by atoms with Crippen molar-refractivity contribution < 1.29 is 13.3 Å². The van der Waals surface area contributed by atoms with Gasteiger partial charge in [-0.1, -0.05) is 13.8 Å². The second kappa shape index (κ2) is 6.40. The van der Waals surface area contributed by atoms with E-state index in [4.69, 9.17) is 5.73 Å². The molecule has 1 aromatic rings. The number of hydrogen-bond acceptors (Lipinski definition) is 6. The van der Waals surface area contributed by atoms with E-state index in [9.17, 15) is 18.5 Å². The molecule has 7 nitrogen and oxygen atoms in total. The van der Waals surface area contributed by atoms with Crippen LogP contribution in [-0.2, 0) is 9.84 Å². The van der Waals surface area contributed by atoms with Crippen molar-refractivity contribution in [1.82, 2.24) is 0 Å². The first-order valence-electron chi connectivity index (χ1n) is 6.64. The van der Waals surface area contributed by atoms with Crippen LogP contribution in [0.4, 0.5) is 11.4 Å². The number of benzene rings is 1. The number of nitrogens with two attached hydrogens (primary N) is 1. The quantitative estimate of drug-likeness (QED) is 0.586. The fraction of sp³-hybridized carbons (Fsp3) is 0.538. The van der Waals surface area contributed by atoms with Gasteiger partial charge in [-0.3, -0.25) is 10.1 Å². The van der Waals surface area contributed by atoms with Crippen LogP contribution >= 0.6 is 0 Å². The van der Waals surface area contributed by atoms with Gasteiger partial charge >= 0.3 is 0 Å². The van der Waals surface area contributed by atoms with Crippen molar-refractivity contribution in [2.45, 2.75) is 37.1 Å². The van der Waals surface area contributed by atoms with Gasteiger partial charge in [0.2, 0.25) is 0 Å². The van der Waals surface area contributed by atoms with E-state index in [1.54, 1.807) is 0 Å². The summed E-state index contributed by atoms with van der Waals surface area (Å²) in [6.45, 7) is 4.28. The second-order valence-electron chi connectivity index (χ2n) is 5.13. The molecule has 118 valence electrons. The molecule has 0 spiro atoms. The molecule has 8 heteroatoms. The minimum absolute atomic E-state index is 0.0789. The Bertz CT molecular complexity index is 624. The third-order valence-electron chi connectivity index (χ3n) is 3.63. The number of anilines is 1. The van der Waals surface area contributed by atoms with Crippen LogP contribution in [0.1, 0.15) is 26.7 Å². The third-order valence-corrected chi connectivity index (χ3v) is 4.74. The van der Waals surface area contributed by atoms with Gasteiger partial charge in [0.15, 0.2) is 9.84 Å². The molecule has 0 heterocycles. The Labute approximate surface area is 124 Å². The zero-order valence-electron chi connectivity index (χ0n) is 12.4. The normalized spacial score (nSPS) is 12.2. The van der Waals surface area contributed by atoms with Crippen LogP contribution < -0.4 is 11.1 Å². The summed E-state index contributed by atoms with van der Waals surface area (Å²) < 4.78 is 22.9. The van der Waals surface area contributed by atoms with E-state index in [-0.39, 0.29) is 16.3 Å². The van der Waals surface area contributed by atoms with Gasteiger partial charge in [-0.25, -0.2) is 8.42 Å². The molecular formula is C13H21N3O4S. The van der Waals surface area contributed by atoms with Crippen molar-refractivity contribution in [3.05, 3.63) is 28.3 Å². The maximum atomic E-state index is 11.5. The molecule has 1 rings (SSSR count). The average molecular weight is 315 g/mol. The van der Waals surface area contributed by atoms with E-state index < -0.39 is 20.3 Å². The minimum atomic E-state index is -3.49. The number of nitrogens with zero attached hydrogens (tertiary/aromatic N) is 1. The molecule has 1 aromatic carbocycles. The van der Waals surface area contributed by atoms with Crippen LogP contribution in [0.5, 0.6) is 0 Å². The van der Waals surface area contributed by atoms with Gasteiger partial charge < -0.3 is 11.1 Å². The molecule has 0 saturated carbocycles. The molecule has 0 amide bonds. The van der Waals surface area contributed by atoms with Crippen molar-refractivity contribution in [2.24, 2.45) is 5.73 Å². The van der Waals surface area contributed by atoms with E-state index in [2.05, 4.69) is 5.32 Å². The van der Waals surface area contributed by atoms with Crippen molar-refractivity contribution in [1.29, 1.82) is 0 Å². The fourth-order valence-corrected chi connectivity index (χ4v) is 2.45. The third kappa shape index (κ3) is 4.40. The van der Waals surface area contributed by atoms with Crippen LogP contribution in [0.3, 0.4) is 0 Å². The molecule has 0 bridgehead atoms. The summed E-state index contributed by atoms with van der Waals surface area (Å²) in [7, 11) is -3.49. The lowest BCUT2D eigenvalue weighted by molar-refractivity contribution is -0.384. The predicted molar refractivity (Wildman–Crippen MR) is 82.2 cm³/mol. The summed E-state index contributed by atoms with van der Waals surface area (Å²) in [6, 6.07) is 3.81. The van der Waals surface area contributed by atoms with E-state index in [0.29, 0.717) is 6.54 Å². The second-order valence-corrected chi connectivity index (χ2v) is 7.15. The molecule has 0 aliphatic carbocycles. The summed E-state index contributed by atoms with van der Waals surface area (Å²) in [5, 5.41) is 14.1. The SMILES string of the molecule is CCC(N)(CC)CNc1ccc(S(C)(=O)=O)cc1[N+](=O)[O-]. The van der Waals surface area contributed by atoms with Crippen LogP contribution in [-0.4, -0.2) is 31.7 Å². The Morgan fingerprint density at radius 1 is 1.33 bits per heavy atom. The van der Waals surface area contributed by atoms with Gasteiger partial charge in [0.1, 0.15) is 5.69 Å². The molecule has 21 heavy (non-hydrogen) atoms. The van der Waals surface area contributed by atoms with Gasteiger partial charge in [0.25, 0.3) is 5.69 Å². The van der Waals surface area contributed by atoms with E-state index in [0.717, 1.165) is 25.2 Å². The van der Waals surface area contributed by atoms with E-state index in [1.807, 2.05) is 13.8 Å². The maximum Gasteiger partial charge on any atom is 0.293 e. The Morgan fingerprint density at radius 2 is 1.90 bits per heavy atom. The highest BCUT2D eigenvalue weighted by molar-refractivity contribution is 7.90. The van der Waals surface area contributed by atoms with Crippen molar-refractivity contribution in [3.8, 4) is 0 Å². The first kappa shape index (κ1) is 17.4. The van der Waals surface area contributed by atoms with Crippen LogP contribution in [0.25, 0.3) is 0 Å². The number of nitrogens with one attached hydrogen (secondary N) is 1. The fourth-order valence-electron chi connectivity index (χ4n) is 1.81. The zero-order valence-corrected chi connectivity index (χ0v) is 13.2. The first-order valence-corrected chi connectivity index (χ1v) is 8.53. The lowest BCUT2D eigenvalue weighted by Crippen LogP contribution is -2.45. The van der Waals surface area contributed by atoms with Crippen LogP contribution in [0.2, 0.25) is 0 Å². The molecule has 0 aromatic heterocycles. The molecular weight excluding hydrogens is 294 g/mol. The summed E-state index contributed by atoms with van der Waals surface area (Å²) >= 11 is 0. The van der Waals surface area contributed by atoms with E-state index in [1.165, 1.54) is 12.1 Å². The highest BCUT2D eigenvalue weighted by Gasteiger charge is 2.23. The smallest absolute Gasteiger partial charge is 0.293 e. The Balaban J connectivity index is 3.11. The molecule has 0 aliphatic rings. The van der Waals surface area contributed by atoms with Gasteiger partial charge in [-0.2, -0.15) is 0 Å². The summed E-state index contributed by atoms with van der Waals surface area (Å²) in [6.07, 6.45) is 2.47. The van der Waals surface area contributed by atoms with Gasteiger partial charge in [-0.15, -0.1) is 0 Å². The topological polar surface area (TPSA) is 115 Å². The highest BCUT2D eigenvalue weighted by atomic mass is 32.2. The standard InChI is InChI=1S/C13H21N3O4S/c1-4-13(14,5-2)9-15-11-7-6-10(21(3,19)20)8-12(11)16(17)18/h6-8,15H,4-5,9,14H2,1-3H3. The Hall–Kier alpha value is -1.67. The van der Waals surface area contributed by atoms with Crippen molar-refractivity contribution >= 4 is 21.2 Å². The minimum Gasteiger partial charge on any atom is -0.378 e. The zero-order chi connectivity index (χ0) is 16.3. The van der Waals surface area contributed by atoms with Gasteiger partial charge in [0, 0.05) is 24.4 Å². The molecule has 0 radical (unpaired) electrons. The number of nitro groups is 1. The van der Waals surface area contributed by atoms with Gasteiger partial charge in [-0.05, 0) is 25.0 Å². The van der Waals surface area contributed by atoms with Crippen molar-refractivity contribution in [3.63, 3.8) is 0 Å². The number of rotatable bonds is 7. The largest absolute Gasteiger partial charge is 0.378 e. The first-order chi connectivity index (χ1) is 9.63. The van der Waals surface area contributed by atoms with Gasteiger partial charge in [0.05, 0.1) is 9.82 Å². The average Bonchev–Trinajstić information content (AvgIpc) is 2.43. The highest BCUT2D eigenvalue weighted by Crippen LogP contribution is 2.28. The molecule has 0 unspecified atom stereocenters. The number of hydrogen-bond donors (Lipinski definition) is 2. The lowest BCUT2D eigenvalue weighted by Gasteiger charge is -2.27. The molecule has 0 atom stereocenters. The maximum absolute atomic E-state index is 11.5. The molecule has 0 fully saturated rings. The van der Waals surface area contributed by atoms with Crippen molar-refractivity contribution in [2.75, 3.05) is 18.1 Å². The van der Waals surface area contributed by atoms with Crippen LogP contribution in [0, 0.1) is 10.1 Å². The molecule has 0 aliphatic heterocycles. The molecule has 0 saturated heterocycles. The summed E-state index contributed by atoms with van der Waals surface area (Å²) in [5.41, 5.74) is 5.68. The number of nitro benzene ring substituents is 1. The Kier molecular flexibility index (Phi) is 5.30.